The van der Waals surface area contributed by atoms with Gasteiger partial charge in [-0.05, 0) is 31.2 Å². The number of hydrogen-bond donors (Lipinski definition) is 1. The van der Waals surface area contributed by atoms with Crippen LogP contribution >= 0.6 is 11.8 Å². The zero-order valence-corrected chi connectivity index (χ0v) is 7.12. The summed E-state index contributed by atoms with van der Waals surface area (Å²) in [6.45, 7) is 6.17. The van der Waals surface area contributed by atoms with E-state index in [4.69, 9.17) is 0 Å². The summed E-state index contributed by atoms with van der Waals surface area (Å²) in [5.41, 5.74) is 0. The van der Waals surface area contributed by atoms with Crippen LogP contribution in [-0.4, -0.2) is 24.6 Å². The molecule has 2 heteroatoms. The highest BCUT2D eigenvalue weighted by molar-refractivity contribution is 7.99. The molecule has 0 saturated carbocycles. The maximum Gasteiger partial charge on any atom is 0.0110 e. The molecule has 0 bridgehead atoms. The first-order chi connectivity index (χ1) is 4.93. The molecule has 1 N–H and O–H groups in total. The van der Waals surface area contributed by atoms with Crippen molar-refractivity contribution in [2.24, 2.45) is 5.92 Å². The molecule has 58 valence electrons. The van der Waals surface area contributed by atoms with Gasteiger partial charge in [-0.15, -0.1) is 6.58 Å². The molecule has 0 spiro atoms. The molecule has 10 heavy (non-hydrogen) atoms. The lowest BCUT2D eigenvalue weighted by molar-refractivity contribution is 0.341. The Morgan fingerprint density at radius 1 is 1.60 bits per heavy atom. The lowest BCUT2D eigenvalue weighted by atomic mass is 10.0. The van der Waals surface area contributed by atoms with Crippen molar-refractivity contribution in [1.82, 2.24) is 5.32 Å². The first-order valence-corrected chi connectivity index (χ1v) is 4.98. The van der Waals surface area contributed by atoms with Crippen molar-refractivity contribution in [3.8, 4) is 0 Å². The van der Waals surface area contributed by atoms with Gasteiger partial charge in [-0.3, -0.25) is 0 Å². The molecule has 1 fully saturated rings. The van der Waals surface area contributed by atoms with E-state index < -0.39 is 0 Å². The molecule has 0 aliphatic carbocycles. The van der Waals surface area contributed by atoms with Crippen molar-refractivity contribution in [1.29, 1.82) is 0 Å². The molecule has 0 aromatic carbocycles. The molecule has 1 rings (SSSR count). The second-order valence-corrected chi connectivity index (χ2v) is 3.83. The fourth-order valence-corrected chi connectivity index (χ4v) is 1.80. The maximum absolute atomic E-state index is 3.68. The van der Waals surface area contributed by atoms with E-state index in [1.807, 2.05) is 17.8 Å². The third-order valence-electron chi connectivity index (χ3n) is 1.77. The normalized spacial score (nSPS) is 18.4. The van der Waals surface area contributed by atoms with Crippen molar-refractivity contribution >= 4 is 11.8 Å². The second-order valence-electron chi connectivity index (χ2n) is 2.68. The molecule has 0 aromatic rings. The Bertz CT molecular complexity index is 99.4. The Kier molecular flexibility index (Phi) is 3.91. The van der Waals surface area contributed by atoms with Crippen LogP contribution < -0.4 is 5.32 Å². The molecule has 0 radical (unpaired) electrons. The van der Waals surface area contributed by atoms with Crippen molar-refractivity contribution in [2.45, 2.75) is 6.42 Å². The molecular formula is C8H15NS. The van der Waals surface area contributed by atoms with Crippen LogP contribution in [0.3, 0.4) is 0 Å². The quantitative estimate of drug-likeness (QED) is 0.479. The summed E-state index contributed by atoms with van der Waals surface area (Å²) in [7, 11) is 0. The molecule has 1 aliphatic rings. The fourth-order valence-electron chi connectivity index (χ4n) is 0.969. The Morgan fingerprint density at radius 2 is 2.40 bits per heavy atom. The molecule has 0 unspecified atom stereocenters. The first kappa shape index (κ1) is 8.15. The minimum absolute atomic E-state index is 0.970. The van der Waals surface area contributed by atoms with Crippen LogP contribution in [0.15, 0.2) is 12.7 Å². The molecule has 0 amide bonds. The number of thioether (sulfide) groups is 1. The summed E-state index contributed by atoms with van der Waals surface area (Å²) < 4.78 is 0. The smallest absolute Gasteiger partial charge is 0.0110 e. The van der Waals surface area contributed by atoms with Crippen molar-refractivity contribution in [3.05, 3.63) is 12.7 Å². The minimum Gasteiger partial charge on any atom is -0.316 e. The van der Waals surface area contributed by atoms with E-state index in [2.05, 4.69) is 11.9 Å². The molecular weight excluding hydrogens is 142 g/mol. The maximum atomic E-state index is 3.68. The van der Waals surface area contributed by atoms with Crippen LogP contribution in [0.4, 0.5) is 0 Å². The molecule has 1 heterocycles. The van der Waals surface area contributed by atoms with Crippen LogP contribution in [0.2, 0.25) is 0 Å². The number of rotatable bonds is 5. The van der Waals surface area contributed by atoms with Crippen LogP contribution in [0.25, 0.3) is 0 Å². The van der Waals surface area contributed by atoms with E-state index in [-0.39, 0.29) is 0 Å². The Balaban J connectivity index is 1.80. The third kappa shape index (κ3) is 2.76. The van der Waals surface area contributed by atoms with Gasteiger partial charge in [0.05, 0.1) is 0 Å². The zero-order valence-electron chi connectivity index (χ0n) is 6.31. The number of nitrogens with one attached hydrogen (secondary N) is 1. The lowest BCUT2D eigenvalue weighted by Gasteiger charge is -2.26. The van der Waals surface area contributed by atoms with Crippen LogP contribution in [0.5, 0.6) is 0 Å². The molecule has 1 nitrogen and oxygen atoms in total. The van der Waals surface area contributed by atoms with Gasteiger partial charge in [0.2, 0.25) is 0 Å². The summed E-state index contributed by atoms with van der Waals surface area (Å²) in [5.74, 6) is 3.38. The number of hydrogen-bond acceptors (Lipinski definition) is 2. The summed E-state index contributed by atoms with van der Waals surface area (Å²) in [5, 5.41) is 3.27. The Morgan fingerprint density at radius 3 is 2.90 bits per heavy atom. The highest BCUT2D eigenvalue weighted by Crippen LogP contribution is 2.12. The van der Waals surface area contributed by atoms with E-state index in [9.17, 15) is 0 Å². The summed E-state index contributed by atoms with van der Waals surface area (Å²) >= 11 is 1.98. The SMILES string of the molecule is C=CCSCCC1CNC1. The predicted octanol–water partition coefficient (Wildman–Crippen LogP) is 1.52. The first-order valence-electron chi connectivity index (χ1n) is 3.83. The predicted molar refractivity (Wildman–Crippen MR) is 48.5 cm³/mol. The zero-order chi connectivity index (χ0) is 7.23. The Hall–Kier alpha value is 0.0500. The van der Waals surface area contributed by atoms with Gasteiger partial charge in [0.25, 0.3) is 0 Å². The van der Waals surface area contributed by atoms with Gasteiger partial charge in [0.1, 0.15) is 0 Å². The van der Waals surface area contributed by atoms with Gasteiger partial charge >= 0.3 is 0 Å². The van der Waals surface area contributed by atoms with Crippen molar-refractivity contribution in [2.75, 3.05) is 24.6 Å². The standard InChI is InChI=1S/C8H15NS/c1-2-4-10-5-3-8-6-9-7-8/h2,8-9H,1,3-7H2. The van der Waals surface area contributed by atoms with E-state index in [0.29, 0.717) is 0 Å². The third-order valence-corrected chi connectivity index (χ3v) is 2.77. The van der Waals surface area contributed by atoms with Crippen LogP contribution in [0.1, 0.15) is 6.42 Å². The summed E-state index contributed by atoms with van der Waals surface area (Å²) in [4.78, 5) is 0. The minimum atomic E-state index is 0.970. The van der Waals surface area contributed by atoms with Gasteiger partial charge in [0, 0.05) is 5.75 Å². The van der Waals surface area contributed by atoms with Crippen molar-refractivity contribution in [3.63, 3.8) is 0 Å². The van der Waals surface area contributed by atoms with E-state index >= 15 is 0 Å². The summed E-state index contributed by atoms with van der Waals surface area (Å²) in [6.07, 6.45) is 3.36. The Labute approximate surface area is 67.3 Å². The van der Waals surface area contributed by atoms with Crippen LogP contribution in [-0.2, 0) is 0 Å². The molecule has 1 aliphatic heterocycles. The van der Waals surface area contributed by atoms with Crippen molar-refractivity contribution < 1.29 is 0 Å². The monoisotopic (exact) mass is 157 g/mol. The van der Waals surface area contributed by atoms with Gasteiger partial charge in [0.15, 0.2) is 0 Å². The average Bonchev–Trinajstić information content (AvgIpc) is 1.84. The van der Waals surface area contributed by atoms with Gasteiger partial charge in [-0.2, -0.15) is 11.8 Å². The average molecular weight is 157 g/mol. The molecule has 0 atom stereocenters. The fraction of sp³-hybridized carbons (Fsp3) is 0.750. The van der Waals surface area contributed by atoms with Gasteiger partial charge < -0.3 is 5.32 Å². The van der Waals surface area contributed by atoms with Gasteiger partial charge in [-0.1, -0.05) is 6.08 Å². The van der Waals surface area contributed by atoms with Crippen LogP contribution in [0, 0.1) is 5.92 Å². The molecule has 0 aromatic heterocycles. The summed E-state index contributed by atoms with van der Waals surface area (Å²) in [6, 6.07) is 0. The van der Waals surface area contributed by atoms with Gasteiger partial charge in [-0.25, -0.2) is 0 Å². The molecule has 1 saturated heterocycles. The van der Waals surface area contributed by atoms with E-state index in [1.165, 1.54) is 25.3 Å². The second kappa shape index (κ2) is 4.80. The largest absolute Gasteiger partial charge is 0.316 e. The lowest BCUT2D eigenvalue weighted by Crippen LogP contribution is -2.42. The van der Waals surface area contributed by atoms with E-state index in [0.717, 1.165) is 11.7 Å². The highest BCUT2D eigenvalue weighted by Gasteiger charge is 2.14. The highest BCUT2D eigenvalue weighted by atomic mass is 32.2. The topological polar surface area (TPSA) is 12.0 Å². The van der Waals surface area contributed by atoms with E-state index in [1.54, 1.807) is 0 Å².